The number of likely N-dealkylation sites (tertiary alicyclic amines) is 1. The number of anilines is 1. The number of pyridine rings is 1. The van der Waals surface area contributed by atoms with Gasteiger partial charge in [0.05, 0.1) is 0 Å². The van der Waals surface area contributed by atoms with Crippen molar-refractivity contribution in [2.24, 2.45) is 5.92 Å². The molecule has 0 bridgehead atoms. The number of hydrogen-bond donors (Lipinski definition) is 2. The van der Waals surface area contributed by atoms with Gasteiger partial charge in [-0.3, -0.25) is 4.90 Å². The molecule has 1 aliphatic rings. The highest BCUT2D eigenvalue weighted by Gasteiger charge is 2.18. The molecule has 88 valence electrons. The second-order valence-corrected chi connectivity index (χ2v) is 4.49. The molecule has 1 aromatic heterocycles. The molecule has 16 heavy (non-hydrogen) atoms. The molecule has 1 fully saturated rings. The summed E-state index contributed by atoms with van der Waals surface area (Å²) in [5, 5.41) is 9.06. The number of nitrogens with two attached hydrogens (primary N) is 1. The van der Waals surface area contributed by atoms with E-state index >= 15 is 0 Å². The number of nitrogens with zero attached hydrogens (tertiary/aromatic N) is 2. The Morgan fingerprint density at radius 1 is 1.44 bits per heavy atom. The predicted octanol–water partition coefficient (Wildman–Crippen LogP) is 0.868. The van der Waals surface area contributed by atoms with Crippen LogP contribution in [-0.4, -0.2) is 34.7 Å². The van der Waals surface area contributed by atoms with E-state index in [4.69, 9.17) is 10.8 Å². The van der Waals surface area contributed by atoms with Crippen molar-refractivity contribution in [3.8, 4) is 0 Å². The smallest absolute Gasteiger partial charge is 0.123 e. The summed E-state index contributed by atoms with van der Waals surface area (Å²) in [6, 6.07) is 3.94. The van der Waals surface area contributed by atoms with Gasteiger partial charge in [0.25, 0.3) is 0 Å². The third-order valence-electron chi connectivity index (χ3n) is 3.22. The van der Waals surface area contributed by atoms with Crippen molar-refractivity contribution in [3.63, 3.8) is 0 Å². The Balaban J connectivity index is 1.87. The van der Waals surface area contributed by atoms with Crippen molar-refractivity contribution in [2.45, 2.75) is 19.4 Å². The lowest BCUT2D eigenvalue weighted by Crippen LogP contribution is -2.34. The van der Waals surface area contributed by atoms with Gasteiger partial charge >= 0.3 is 0 Å². The van der Waals surface area contributed by atoms with E-state index in [2.05, 4.69) is 9.88 Å². The second kappa shape index (κ2) is 5.27. The van der Waals surface area contributed by atoms with Gasteiger partial charge < -0.3 is 10.8 Å². The predicted molar refractivity (Wildman–Crippen MR) is 63.7 cm³/mol. The molecule has 4 heteroatoms. The van der Waals surface area contributed by atoms with E-state index in [1.807, 2.05) is 12.1 Å². The van der Waals surface area contributed by atoms with Crippen molar-refractivity contribution in [1.29, 1.82) is 0 Å². The van der Waals surface area contributed by atoms with Crippen LogP contribution in [-0.2, 0) is 6.54 Å². The summed E-state index contributed by atoms with van der Waals surface area (Å²) in [4.78, 5) is 6.39. The molecule has 0 radical (unpaired) electrons. The molecule has 0 unspecified atom stereocenters. The molecule has 0 amide bonds. The van der Waals surface area contributed by atoms with Crippen LogP contribution >= 0.6 is 0 Å². The highest BCUT2D eigenvalue weighted by molar-refractivity contribution is 5.31. The Morgan fingerprint density at radius 2 is 2.19 bits per heavy atom. The van der Waals surface area contributed by atoms with Crippen LogP contribution in [0.1, 0.15) is 18.4 Å². The van der Waals surface area contributed by atoms with E-state index < -0.39 is 0 Å². The molecular weight excluding hydrogens is 202 g/mol. The Bertz CT molecular complexity index is 335. The van der Waals surface area contributed by atoms with Gasteiger partial charge in [-0.2, -0.15) is 0 Å². The van der Waals surface area contributed by atoms with E-state index in [1.54, 1.807) is 6.20 Å². The molecule has 0 spiro atoms. The first-order valence-electron chi connectivity index (χ1n) is 5.81. The fraction of sp³-hybridized carbons (Fsp3) is 0.583. The molecule has 0 saturated carbocycles. The van der Waals surface area contributed by atoms with E-state index in [-0.39, 0.29) is 0 Å². The SMILES string of the molecule is Nc1cc(CN2CCC(CO)CC2)ccn1. The number of rotatable bonds is 3. The van der Waals surface area contributed by atoms with Crippen LogP contribution in [0.5, 0.6) is 0 Å². The minimum atomic E-state index is 0.329. The maximum absolute atomic E-state index is 9.06. The monoisotopic (exact) mass is 221 g/mol. The Labute approximate surface area is 96.1 Å². The summed E-state index contributed by atoms with van der Waals surface area (Å²) in [5.41, 5.74) is 6.86. The first-order chi connectivity index (χ1) is 7.78. The summed E-state index contributed by atoms with van der Waals surface area (Å²) in [6.07, 6.45) is 3.94. The Morgan fingerprint density at radius 3 is 2.81 bits per heavy atom. The van der Waals surface area contributed by atoms with E-state index in [1.165, 1.54) is 5.56 Å². The van der Waals surface area contributed by atoms with Crippen LogP contribution in [0.15, 0.2) is 18.3 Å². The molecule has 0 aromatic carbocycles. The lowest BCUT2D eigenvalue weighted by Gasteiger charge is -2.31. The Kier molecular flexibility index (Phi) is 3.74. The Hall–Kier alpha value is -1.13. The maximum Gasteiger partial charge on any atom is 0.123 e. The summed E-state index contributed by atoms with van der Waals surface area (Å²) in [5.74, 6) is 1.08. The van der Waals surface area contributed by atoms with Gasteiger partial charge in [-0.1, -0.05) is 0 Å². The summed E-state index contributed by atoms with van der Waals surface area (Å²) < 4.78 is 0. The average molecular weight is 221 g/mol. The van der Waals surface area contributed by atoms with Gasteiger partial charge in [-0.25, -0.2) is 4.98 Å². The largest absolute Gasteiger partial charge is 0.396 e. The van der Waals surface area contributed by atoms with Crippen LogP contribution in [0.4, 0.5) is 5.82 Å². The number of aliphatic hydroxyl groups is 1. The van der Waals surface area contributed by atoms with Gasteiger partial charge in [-0.15, -0.1) is 0 Å². The first kappa shape index (κ1) is 11.4. The number of aliphatic hydroxyl groups excluding tert-OH is 1. The third kappa shape index (κ3) is 2.93. The van der Waals surface area contributed by atoms with Crippen LogP contribution in [0, 0.1) is 5.92 Å². The second-order valence-electron chi connectivity index (χ2n) is 4.49. The topological polar surface area (TPSA) is 62.4 Å². The van der Waals surface area contributed by atoms with Crippen LogP contribution in [0.2, 0.25) is 0 Å². The highest BCUT2D eigenvalue weighted by atomic mass is 16.3. The van der Waals surface area contributed by atoms with Gasteiger partial charge in [0.15, 0.2) is 0 Å². The quantitative estimate of drug-likeness (QED) is 0.795. The lowest BCUT2D eigenvalue weighted by atomic mass is 9.97. The average Bonchev–Trinajstić information content (AvgIpc) is 2.30. The van der Waals surface area contributed by atoms with Crippen LogP contribution < -0.4 is 5.73 Å². The maximum atomic E-state index is 9.06. The van der Waals surface area contributed by atoms with Gasteiger partial charge in [0.1, 0.15) is 5.82 Å². The van der Waals surface area contributed by atoms with Crippen molar-refractivity contribution >= 4 is 5.82 Å². The van der Waals surface area contributed by atoms with E-state index in [0.717, 1.165) is 32.5 Å². The van der Waals surface area contributed by atoms with Crippen LogP contribution in [0.3, 0.4) is 0 Å². The highest BCUT2D eigenvalue weighted by Crippen LogP contribution is 2.18. The number of piperidine rings is 1. The minimum absolute atomic E-state index is 0.329. The normalized spacial score (nSPS) is 18.8. The third-order valence-corrected chi connectivity index (χ3v) is 3.22. The summed E-state index contributed by atoms with van der Waals surface area (Å²) >= 11 is 0. The minimum Gasteiger partial charge on any atom is -0.396 e. The van der Waals surface area contributed by atoms with E-state index in [9.17, 15) is 0 Å². The molecule has 4 nitrogen and oxygen atoms in total. The summed E-state index contributed by atoms with van der Waals surface area (Å²) in [7, 11) is 0. The molecule has 0 aliphatic carbocycles. The molecule has 2 rings (SSSR count). The molecule has 1 aliphatic heterocycles. The number of aromatic nitrogens is 1. The van der Waals surface area contributed by atoms with Gasteiger partial charge in [0.2, 0.25) is 0 Å². The zero-order valence-corrected chi connectivity index (χ0v) is 9.47. The molecule has 1 aromatic rings. The summed E-state index contributed by atoms with van der Waals surface area (Å²) in [6.45, 7) is 3.39. The number of hydrogen-bond acceptors (Lipinski definition) is 4. The van der Waals surface area contributed by atoms with Gasteiger partial charge in [0, 0.05) is 19.3 Å². The van der Waals surface area contributed by atoms with Crippen molar-refractivity contribution in [3.05, 3.63) is 23.9 Å². The fourth-order valence-electron chi connectivity index (χ4n) is 2.18. The van der Waals surface area contributed by atoms with E-state index in [0.29, 0.717) is 18.3 Å². The molecule has 1 saturated heterocycles. The zero-order chi connectivity index (χ0) is 11.4. The van der Waals surface area contributed by atoms with Crippen molar-refractivity contribution in [1.82, 2.24) is 9.88 Å². The van der Waals surface area contributed by atoms with Gasteiger partial charge in [-0.05, 0) is 49.5 Å². The molecular formula is C12H19N3O. The van der Waals surface area contributed by atoms with Crippen LogP contribution in [0.25, 0.3) is 0 Å². The van der Waals surface area contributed by atoms with Crippen molar-refractivity contribution in [2.75, 3.05) is 25.4 Å². The fourth-order valence-corrected chi connectivity index (χ4v) is 2.18. The molecule has 3 N–H and O–H groups in total. The standard InChI is InChI=1S/C12H19N3O/c13-12-7-11(1-4-14-12)8-15-5-2-10(9-16)3-6-15/h1,4,7,10,16H,2-3,5-6,8-9H2,(H2,13,14). The van der Waals surface area contributed by atoms with Crippen molar-refractivity contribution < 1.29 is 5.11 Å². The lowest BCUT2D eigenvalue weighted by molar-refractivity contribution is 0.127. The number of nitrogen functional groups attached to an aromatic ring is 1. The molecule has 0 atom stereocenters. The first-order valence-corrected chi connectivity index (χ1v) is 5.81. The zero-order valence-electron chi connectivity index (χ0n) is 9.47. The molecule has 2 heterocycles.